The Hall–Kier alpha value is -0.523. The molecule has 100 valence electrons. The maximum atomic E-state index is 5.76. The van der Waals surface area contributed by atoms with Gasteiger partial charge in [-0.15, -0.1) is 0 Å². The largest absolute Gasteiger partial charge is 0.361 e. The summed E-state index contributed by atoms with van der Waals surface area (Å²) in [6, 6.07) is 3.38. The van der Waals surface area contributed by atoms with Gasteiger partial charge < -0.3 is 14.2 Å². The molecule has 0 spiro atoms. The van der Waals surface area contributed by atoms with E-state index < -0.39 is 8.07 Å². The average Bonchev–Trinajstić information content (AvgIpc) is 2.62. The summed E-state index contributed by atoms with van der Waals surface area (Å²) in [6.45, 7) is 9.61. The van der Waals surface area contributed by atoms with E-state index in [4.69, 9.17) is 4.74 Å². The Bertz CT molecular complexity index is 437. The third-order valence-corrected chi connectivity index (χ3v) is 5.09. The van der Waals surface area contributed by atoms with E-state index in [0.29, 0.717) is 6.73 Å². The monoisotopic (exact) mass is 328 g/mol. The molecule has 0 bridgehead atoms. The predicted molar refractivity (Wildman–Crippen MR) is 82.0 cm³/mol. The third kappa shape index (κ3) is 4.00. The van der Waals surface area contributed by atoms with Crippen LogP contribution < -0.4 is 0 Å². The lowest BCUT2D eigenvalue weighted by atomic mass is 10.4. The summed E-state index contributed by atoms with van der Waals surface area (Å²) in [6.07, 6.45) is 6.24. The van der Waals surface area contributed by atoms with Crippen molar-refractivity contribution in [2.24, 2.45) is 0 Å². The topological polar surface area (TPSA) is 17.4 Å². The molecule has 0 fully saturated rings. The van der Waals surface area contributed by atoms with Gasteiger partial charge in [0.15, 0.2) is 0 Å². The van der Waals surface area contributed by atoms with Crippen molar-refractivity contribution in [1.29, 1.82) is 0 Å². The molecule has 2 rings (SSSR count). The van der Waals surface area contributed by atoms with Gasteiger partial charge in [-0.3, -0.25) is 0 Å². The van der Waals surface area contributed by atoms with Gasteiger partial charge in [0.1, 0.15) is 6.73 Å². The molecule has 0 radical (unpaired) electrons. The minimum Gasteiger partial charge on any atom is -0.361 e. The van der Waals surface area contributed by atoms with Gasteiger partial charge in [-0.25, -0.2) is 0 Å². The smallest absolute Gasteiger partial charge is 0.118 e. The summed E-state index contributed by atoms with van der Waals surface area (Å²) in [4.78, 5) is 2.20. The first-order chi connectivity index (χ1) is 8.44. The van der Waals surface area contributed by atoms with Gasteiger partial charge in [0, 0.05) is 43.4 Å². The van der Waals surface area contributed by atoms with Crippen LogP contribution in [-0.2, 0) is 11.3 Å². The molecule has 0 amide bonds. The summed E-state index contributed by atoms with van der Waals surface area (Å²) in [5.74, 6) is 0. The van der Waals surface area contributed by atoms with Gasteiger partial charge in [-0.1, -0.05) is 19.6 Å². The molecule has 0 saturated heterocycles. The highest BCUT2D eigenvalue weighted by atomic mass is 79.9. The summed E-state index contributed by atoms with van der Waals surface area (Å²) < 4.78 is 9.03. The number of aromatic nitrogens is 1. The lowest BCUT2D eigenvalue weighted by Crippen LogP contribution is -2.27. The highest BCUT2D eigenvalue weighted by Gasteiger charge is 2.14. The summed E-state index contributed by atoms with van der Waals surface area (Å²) in [7, 11) is -0.970. The standard InChI is InChI=1S/C13H21BrN2OSi/c1-18(2,3)7-6-17-11-15-4-5-16-9-12(14)8-13(16)10-15/h4-5,8-9H,6-7,10-11H2,1-3H3. The van der Waals surface area contributed by atoms with Crippen LogP contribution in [0, 0.1) is 0 Å². The van der Waals surface area contributed by atoms with Crippen LogP contribution in [0.2, 0.25) is 25.7 Å². The van der Waals surface area contributed by atoms with Crippen LogP contribution in [0.25, 0.3) is 6.20 Å². The van der Waals surface area contributed by atoms with Crippen molar-refractivity contribution in [3.05, 3.63) is 28.6 Å². The molecule has 0 atom stereocenters. The Balaban J connectivity index is 1.76. The summed E-state index contributed by atoms with van der Waals surface area (Å²) >= 11 is 3.50. The maximum absolute atomic E-state index is 5.76. The molecule has 1 aromatic rings. The molecule has 0 saturated carbocycles. The molecule has 1 aliphatic heterocycles. The first-order valence-electron chi connectivity index (χ1n) is 6.30. The van der Waals surface area contributed by atoms with Crippen LogP contribution in [0.1, 0.15) is 5.69 Å². The van der Waals surface area contributed by atoms with Crippen LogP contribution in [0.4, 0.5) is 0 Å². The lowest BCUT2D eigenvalue weighted by molar-refractivity contribution is 0.0566. The SMILES string of the molecule is C[Si](C)(C)CCOCN1C=Cn2cc(Br)cc2C1. The van der Waals surface area contributed by atoms with Crippen LogP contribution in [0.15, 0.2) is 22.9 Å². The molecule has 0 aliphatic carbocycles. The fraction of sp³-hybridized carbons (Fsp3) is 0.538. The van der Waals surface area contributed by atoms with Gasteiger partial charge in [-0.05, 0) is 28.0 Å². The Morgan fingerprint density at radius 1 is 1.33 bits per heavy atom. The number of ether oxygens (including phenoxy) is 1. The summed E-state index contributed by atoms with van der Waals surface area (Å²) in [5.41, 5.74) is 1.29. The predicted octanol–water partition coefficient (Wildman–Crippen LogP) is 3.81. The Morgan fingerprint density at radius 3 is 2.83 bits per heavy atom. The van der Waals surface area contributed by atoms with Gasteiger partial charge >= 0.3 is 0 Å². The second-order valence-corrected chi connectivity index (χ2v) is 12.5. The number of hydrogen-bond acceptors (Lipinski definition) is 2. The first-order valence-corrected chi connectivity index (χ1v) is 10.8. The molecule has 0 unspecified atom stereocenters. The fourth-order valence-electron chi connectivity index (χ4n) is 1.83. The first kappa shape index (κ1) is 13.9. The van der Waals surface area contributed by atoms with Gasteiger partial charge in [0.05, 0.1) is 6.54 Å². The Kier molecular flexibility index (Phi) is 4.35. The second-order valence-electron chi connectivity index (χ2n) is 5.95. The fourth-order valence-corrected chi connectivity index (χ4v) is 3.07. The van der Waals surface area contributed by atoms with E-state index in [1.165, 1.54) is 11.7 Å². The van der Waals surface area contributed by atoms with Crippen molar-refractivity contribution < 1.29 is 4.74 Å². The number of rotatable bonds is 5. The number of nitrogens with zero attached hydrogens (tertiary/aromatic N) is 2. The van der Waals surface area contributed by atoms with Crippen LogP contribution >= 0.6 is 15.9 Å². The molecule has 1 aliphatic rings. The van der Waals surface area contributed by atoms with Gasteiger partial charge in [0.25, 0.3) is 0 Å². The van der Waals surface area contributed by atoms with Crippen molar-refractivity contribution in [3.8, 4) is 0 Å². The number of halogens is 1. The zero-order chi connectivity index (χ0) is 13.2. The molecule has 18 heavy (non-hydrogen) atoms. The molecule has 0 aromatic carbocycles. The maximum Gasteiger partial charge on any atom is 0.118 e. The van der Waals surface area contributed by atoms with Gasteiger partial charge in [0.2, 0.25) is 0 Å². The van der Waals surface area contributed by atoms with Crippen LogP contribution in [-0.4, -0.2) is 30.9 Å². The molecule has 3 nitrogen and oxygen atoms in total. The molecule has 5 heteroatoms. The average molecular weight is 329 g/mol. The molecule has 1 aromatic heterocycles. The van der Waals surface area contributed by atoms with E-state index in [1.807, 2.05) is 0 Å². The minimum absolute atomic E-state index is 0.684. The molecular formula is C13H21BrN2OSi. The van der Waals surface area contributed by atoms with E-state index >= 15 is 0 Å². The third-order valence-electron chi connectivity index (χ3n) is 2.96. The van der Waals surface area contributed by atoms with Gasteiger partial charge in [-0.2, -0.15) is 0 Å². The van der Waals surface area contributed by atoms with Crippen molar-refractivity contribution in [2.45, 2.75) is 32.2 Å². The van der Waals surface area contributed by atoms with E-state index in [2.05, 4.69) is 69.7 Å². The number of fused-ring (bicyclic) bond motifs is 1. The van der Waals surface area contributed by atoms with Crippen molar-refractivity contribution >= 4 is 30.2 Å². The zero-order valence-electron chi connectivity index (χ0n) is 11.3. The van der Waals surface area contributed by atoms with Crippen molar-refractivity contribution in [2.75, 3.05) is 13.3 Å². The Morgan fingerprint density at radius 2 is 2.11 bits per heavy atom. The lowest BCUT2D eigenvalue weighted by Gasteiger charge is -2.25. The second kappa shape index (κ2) is 5.63. The molecule has 0 N–H and O–H groups in total. The normalized spacial score (nSPS) is 15.0. The highest BCUT2D eigenvalue weighted by molar-refractivity contribution is 9.10. The quantitative estimate of drug-likeness (QED) is 0.604. The highest BCUT2D eigenvalue weighted by Crippen LogP contribution is 2.20. The number of hydrogen-bond donors (Lipinski definition) is 0. The minimum atomic E-state index is -0.970. The van der Waals surface area contributed by atoms with E-state index in [9.17, 15) is 0 Å². The van der Waals surface area contributed by atoms with E-state index in [-0.39, 0.29) is 0 Å². The van der Waals surface area contributed by atoms with Crippen LogP contribution in [0.5, 0.6) is 0 Å². The van der Waals surface area contributed by atoms with E-state index in [1.54, 1.807) is 0 Å². The molecular weight excluding hydrogens is 308 g/mol. The summed E-state index contributed by atoms with van der Waals surface area (Å²) in [5, 5.41) is 0. The van der Waals surface area contributed by atoms with Crippen LogP contribution in [0.3, 0.4) is 0 Å². The van der Waals surface area contributed by atoms with E-state index in [0.717, 1.165) is 17.6 Å². The zero-order valence-corrected chi connectivity index (χ0v) is 13.9. The molecule has 2 heterocycles. The van der Waals surface area contributed by atoms with Crippen molar-refractivity contribution in [1.82, 2.24) is 9.47 Å². The van der Waals surface area contributed by atoms with Crippen molar-refractivity contribution in [3.63, 3.8) is 0 Å². The Labute approximate surface area is 119 Å².